The number of nitrogens with zero attached hydrogens (tertiary/aromatic N) is 3. The average molecular weight is 317 g/mol. The van der Waals surface area contributed by atoms with Crippen molar-refractivity contribution in [2.24, 2.45) is 0 Å². The van der Waals surface area contributed by atoms with E-state index in [-0.39, 0.29) is 5.91 Å². The van der Waals surface area contributed by atoms with Gasteiger partial charge in [0.15, 0.2) is 5.69 Å². The lowest BCUT2D eigenvalue weighted by Crippen LogP contribution is -2.38. The van der Waals surface area contributed by atoms with Crippen molar-refractivity contribution in [3.05, 3.63) is 28.6 Å². The van der Waals surface area contributed by atoms with Crippen LogP contribution in [-0.2, 0) is 6.54 Å². The van der Waals surface area contributed by atoms with Gasteiger partial charge in [0, 0.05) is 30.6 Å². The number of amides is 1. The molecule has 4 nitrogen and oxygen atoms in total. The van der Waals surface area contributed by atoms with Crippen LogP contribution in [0.25, 0.3) is 11.3 Å². The van der Waals surface area contributed by atoms with Crippen molar-refractivity contribution >= 4 is 17.2 Å². The zero-order valence-corrected chi connectivity index (χ0v) is 14.1. The summed E-state index contributed by atoms with van der Waals surface area (Å²) in [7, 11) is 1.92. The molecule has 0 atom stereocenters. The highest BCUT2D eigenvalue weighted by atomic mass is 32.1. The molecule has 0 N–H and O–H groups in total. The van der Waals surface area contributed by atoms with Crippen molar-refractivity contribution in [2.75, 3.05) is 7.05 Å². The largest absolute Gasteiger partial charge is 0.337 e. The number of thiophene rings is 1. The summed E-state index contributed by atoms with van der Waals surface area (Å²) in [5.74, 6) is 0.0515. The van der Waals surface area contributed by atoms with Gasteiger partial charge in [-0.2, -0.15) is 16.4 Å². The second kappa shape index (κ2) is 6.65. The molecule has 1 aliphatic carbocycles. The third kappa shape index (κ3) is 2.95. The summed E-state index contributed by atoms with van der Waals surface area (Å²) in [5, 5.41) is 8.68. The van der Waals surface area contributed by atoms with E-state index in [1.54, 1.807) is 11.3 Å². The van der Waals surface area contributed by atoms with Crippen LogP contribution < -0.4 is 0 Å². The summed E-state index contributed by atoms with van der Waals surface area (Å²) in [6, 6.07) is 4.39. The Morgan fingerprint density at radius 2 is 2.18 bits per heavy atom. The van der Waals surface area contributed by atoms with Crippen LogP contribution in [0.3, 0.4) is 0 Å². The van der Waals surface area contributed by atoms with Gasteiger partial charge in [0.25, 0.3) is 5.91 Å². The number of carbonyl (C=O) groups is 1. The molecule has 5 heteroatoms. The minimum atomic E-state index is 0.0515. The van der Waals surface area contributed by atoms with Crippen LogP contribution in [-0.4, -0.2) is 33.7 Å². The van der Waals surface area contributed by atoms with E-state index in [2.05, 4.69) is 28.8 Å². The molecule has 0 spiro atoms. The van der Waals surface area contributed by atoms with E-state index in [1.165, 1.54) is 19.3 Å². The highest BCUT2D eigenvalue weighted by Gasteiger charge is 2.25. The molecule has 1 amide bonds. The van der Waals surface area contributed by atoms with Crippen molar-refractivity contribution in [3.63, 3.8) is 0 Å². The molecule has 1 fully saturated rings. The van der Waals surface area contributed by atoms with Gasteiger partial charge in [-0.05, 0) is 37.3 Å². The van der Waals surface area contributed by atoms with Crippen LogP contribution >= 0.6 is 11.3 Å². The van der Waals surface area contributed by atoms with Gasteiger partial charge in [0.1, 0.15) is 0 Å². The van der Waals surface area contributed by atoms with Gasteiger partial charge in [-0.3, -0.25) is 9.48 Å². The first-order valence-electron chi connectivity index (χ1n) is 8.08. The summed E-state index contributed by atoms with van der Waals surface area (Å²) >= 11 is 1.66. The van der Waals surface area contributed by atoms with Crippen molar-refractivity contribution in [2.45, 2.75) is 51.6 Å². The van der Waals surface area contributed by atoms with Crippen molar-refractivity contribution in [3.8, 4) is 11.3 Å². The Hall–Kier alpha value is -1.62. The lowest BCUT2D eigenvalue weighted by atomic mass is 9.94. The van der Waals surface area contributed by atoms with Crippen molar-refractivity contribution < 1.29 is 4.79 Å². The first-order valence-corrected chi connectivity index (χ1v) is 9.02. The van der Waals surface area contributed by atoms with E-state index in [1.807, 2.05) is 22.7 Å². The summed E-state index contributed by atoms with van der Waals surface area (Å²) in [4.78, 5) is 14.6. The maximum absolute atomic E-state index is 12.7. The standard InChI is InChI=1S/C17H23N3OS/c1-3-20-16(13-9-10-22-12-13)11-15(18-20)17(21)19(2)14-7-5-4-6-8-14/h9-12,14H,3-8H2,1-2H3. The second-order valence-corrected chi connectivity index (χ2v) is 6.73. The summed E-state index contributed by atoms with van der Waals surface area (Å²) in [5.41, 5.74) is 2.74. The third-order valence-electron chi connectivity index (χ3n) is 4.56. The fourth-order valence-electron chi connectivity index (χ4n) is 3.22. The van der Waals surface area contributed by atoms with E-state index in [0.29, 0.717) is 11.7 Å². The molecule has 0 radical (unpaired) electrons. The summed E-state index contributed by atoms with van der Waals surface area (Å²) < 4.78 is 1.92. The zero-order chi connectivity index (χ0) is 15.5. The number of hydrogen-bond acceptors (Lipinski definition) is 3. The zero-order valence-electron chi connectivity index (χ0n) is 13.3. The molecule has 0 bridgehead atoms. The Bertz CT molecular complexity index is 626. The first-order chi connectivity index (χ1) is 10.7. The minimum Gasteiger partial charge on any atom is -0.337 e. The number of carbonyl (C=O) groups excluding carboxylic acids is 1. The lowest BCUT2D eigenvalue weighted by molar-refractivity contribution is 0.0689. The molecular weight excluding hydrogens is 294 g/mol. The van der Waals surface area contributed by atoms with Crippen LogP contribution in [0.1, 0.15) is 49.5 Å². The molecule has 0 unspecified atom stereocenters. The van der Waals surface area contributed by atoms with E-state index in [4.69, 9.17) is 0 Å². The fourth-order valence-corrected chi connectivity index (χ4v) is 3.87. The predicted molar refractivity (Wildman–Crippen MR) is 90.2 cm³/mol. The topological polar surface area (TPSA) is 38.1 Å². The number of hydrogen-bond donors (Lipinski definition) is 0. The number of rotatable bonds is 4. The Labute approximate surface area is 135 Å². The molecule has 0 aliphatic heterocycles. The summed E-state index contributed by atoms with van der Waals surface area (Å²) in [6.07, 6.45) is 5.99. The quantitative estimate of drug-likeness (QED) is 0.853. The lowest BCUT2D eigenvalue weighted by Gasteiger charge is -2.30. The van der Waals surface area contributed by atoms with Gasteiger partial charge in [-0.1, -0.05) is 19.3 Å². The van der Waals surface area contributed by atoms with Crippen molar-refractivity contribution in [1.29, 1.82) is 0 Å². The summed E-state index contributed by atoms with van der Waals surface area (Å²) in [6.45, 7) is 2.83. The van der Waals surface area contributed by atoms with E-state index in [0.717, 1.165) is 30.6 Å². The molecule has 0 saturated heterocycles. The molecule has 118 valence electrons. The molecular formula is C17H23N3OS. The number of aromatic nitrogens is 2. The van der Waals surface area contributed by atoms with Crippen LogP contribution in [0.5, 0.6) is 0 Å². The monoisotopic (exact) mass is 317 g/mol. The van der Waals surface area contributed by atoms with Gasteiger partial charge >= 0.3 is 0 Å². The SMILES string of the molecule is CCn1nc(C(=O)N(C)C2CCCCC2)cc1-c1ccsc1. The highest BCUT2D eigenvalue weighted by molar-refractivity contribution is 7.08. The fraction of sp³-hybridized carbons (Fsp3) is 0.529. The maximum atomic E-state index is 12.7. The highest BCUT2D eigenvalue weighted by Crippen LogP contribution is 2.26. The van der Waals surface area contributed by atoms with Gasteiger partial charge in [-0.25, -0.2) is 0 Å². The van der Waals surface area contributed by atoms with E-state index >= 15 is 0 Å². The smallest absolute Gasteiger partial charge is 0.274 e. The normalized spacial score (nSPS) is 15.9. The minimum absolute atomic E-state index is 0.0515. The third-order valence-corrected chi connectivity index (χ3v) is 5.24. The van der Waals surface area contributed by atoms with Crippen LogP contribution in [0, 0.1) is 0 Å². The van der Waals surface area contributed by atoms with Crippen LogP contribution in [0.15, 0.2) is 22.9 Å². The number of aryl methyl sites for hydroxylation is 1. The molecule has 22 heavy (non-hydrogen) atoms. The van der Waals surface area contributed by atoms with Crippen LogP contribution in [0.4, 0.5) is 0 Å². The van der Waals surface area contributed by atoms with Gasteiger partial charge in [0.2, 0.25) is 0 Å². The predicted octanol–water partition coefficient (Wildman–Crippen LogP) is 4.04. The molecule has 2 aromatic rings. The van der Waals surface area contributed by atoms with Gasteiger partial charge in [0.05, 0.1) is 5.69 Å². The van der Waals surface area contributed by atoms with Crippen molar-refractivity contribution in [1.82, 2.24) is 14.7 Å². The Morgan fingerprint density at radius 1 is 1.41 bits per heavy atom. The maximum Gasteiger partial charge on any atom is 0.274 e. The van der Waals surface area contributed by atoms with Gasteiger partial charge < -0.3 is 4.90 Å². The molecule has 3 rings (SSSR count). The molecule has 1 saturated carbocycles. The van der Waals surface area contributed by atoms with Gasteiger partial charge in [-0.15, -0.1) is 0 Å². The molecule has 1 aliphatic rings. The Kier molecular flexibility index (Phi) is 4.62. The second-order valence-electron chi connectivity index (χ2n) is 5.95. The first kappa shape index (κ1) is 15.3. The molecule has 0 aromatic carbocycles. The average Bonchev–Trinajstić information content (AvgIpc) is 3.23. The van der Waals surface area contributed by atoms with E-state index < -0.39 is 0 Å². The Balaban J connectivity index is 1.83. The Morgan fingerprint density at radius 3 is 2.82 bits per heavy atom. The molecule has 2 aromatic heterocycles. The van der Waals surface area contributed by atoms with Crippen LogP contribution in [0.2, 0.25) is 0 Å². The van der Waals surface area contributed by atoms with E-state index in [9.17, 15) is 4.79 Å². The molecule has 2 heterocycles.